The maximum atomic E-state index is 12.2. The number of aromatic nitrogens is 3. The maximum absolute atomic E-state index is 12.2. The Bertz CT molecular complexity index is 953. The van der Waals surface area contributed by atoms with Crippen LogP contribution in [-0.2, 0) is 16.0 Å². The zero-order valence-electron chi connectivity index (χ0n) is 14.9. The monoisotopic (exact) mass is 366 g/mol. The largest absolute Gasteiger partial charge is 0.465 e. The Labute approximate surface area is 155 Å². The predicted molar refractivity (Wildman–Crippen MR) is 97.0 cm³/mol. The van der Waals surface area contributed by atoms with Crippen molar-refractivity contribution >= 4 is 17.6 Å². The molecule has 8 nitrogen and oxygen atoms in total. The number of carbonyl (C=O) groups excluding carboxylic acids is 2. The van der Waals surface area contributed by atoms with Gasteiger partial charge < -0.3 is 14.6 Å². The van der Waals surface area contributed by atoms with Gasteiger partial charge in [-0.25, -0.2) is 4.79 Å². The van der Waals surface area contributed by atoms with Gasteiger partial charge in [-0.2, -0.15) is 4.98 Å². The van der Waals surface area contributed by atoms with E-state index in [9.17, 15) is 9.59 Å². The van der Waals surface area contributed by atoms with Gasteiger partial charge in [-0.15, -0.1) is 0 Å². The van der Waals surface area contributed by atoms with Crippen LogP contribution < -0.4 is 5.32 Å². The third kappa shape index (κ3) is 4.55. The summed E-state index contributed by atoms with van der Waals surface area (Å²) in [4.78, 5) is 32.0. The number of benzene rings is 1. The third-order valence-corrected chi connectivity index (χ3v) is 3.88. The van der Waals surface area contributed by atoms with Crippen LogP contribution in [0.5, 0.6) is 0 Å². The van der Waals surface area contributed by atoms with Gasteiger partial charge in [0, 0.05) is 36.5 Å². The van der Waals surface area contributed by atoms with Gasteiger partial charge in [-0.1, -0.05) is 5.16 Å². The van der Waals surface area contributed by atoms with E-state index in [4.69, 9.17) is 4.52 Å². The lowest BCUT2D eigenvalue weighted by Gasteiger charge is -2.09. The molecular formula is C19H18N4O4. The molecule has 2 aromatic heterocycles. The van der Waals surface area contributed by atoms with Crippen LogP contribution in [0.15, 0.2) is 47.2 Å². The molecule has 1 aromatic carbocycles. The molecule has 138 valence electrons. The van der Waals surface area contributed by atoms with Crippen molar-refractivity contribution in [3.05, 3.63) is 59.7 Å². The van der Waals surface area contributed by atoms with Crippen LogP contribution in [0.2, 0.25) is 0 Å². The van der Waals surface area contributed by atoms with E-state index in [0.717, 1.165) is 11.1 Å². The fourth-order valence-corrected chi connectivity index (χ4v) is 2.45. The van der Waals surface area contributed by atoms with E-state index in [2.05, 4.69) is 25.2 Å². The fourth-order valence-electron chi connectivity index (χ4n) is 2.45. The minimum absolute atomic E-state index is 0.187. The van der Waals surface area contributed by atoms with Crippen LogP contribution >= 0.6 is 0 Å². The van der Waals surface area contributed by atoms with Gasteiger partial charge in [0.2, 0.25) is 17.6 Å². The summed E-state index contributed by atoms with van der Waals surface area (Å²) in [5.74, 6) is 0.205. The molecule has 0 fully saturated rings. The van der Waals surface area contributed by atoms with Crippen molar-refractivity contribution in [1.29, 1.82) is 0 Å². The van der Waals surface area contributed by atoms with Gasteiger partial charge in [0.25, 0.3) is 0 Å². The molecular weight excluding hydrogens is 348 g/mol. The lowest BCUT2D eigenvalue weighted by atomic mass is 10.1. The van der Waals surface area contributed by atoms with Crippen LogP contribution in [0.4, 0.5) is 5.69 Å². The quantitative estimate of drug-likeness (QED) is 0.668. The highest BCUT2D eigenvalue weighted by Gasteiger charge is 2.13. The number of esters is 1. The summed E-state index contributed by atoms with van der Waals surface area (Å²) in [5.41, 5.74) is 2.58. The molecule has 3 rings (SSSR count). The molecule has 2 heterocycles. The zero-order valence-corrected chi connectivity index (χ0v) is 14.9. The van der Waals surface area contributed by atoms with Crippen molar-refractivity contribution in [1.82, 2.24) is 15.1 Å². The molecule has 3 aromatic rings. The summed E-state index contributed by atoms with van der Waals surface area (Å²) in [6.45, 7) is 1.81. The summed E-state index contributed by atoms with van der Waals surface area (Å²) in [7, 11) is 1.32. The number of anilines is 1. The van der Waals surface area contributed by atoms with Crippen molar-refractivity contribution in [2.75, 3.05) is 12.4 Å². The van der Waals surface area contributed by atoms with Crippen molar-refractivity contribution in [3.8, 4) is 11.4 Å². The number of pyridine rings is 1. The Kier molecular flexibility index (Phi) is 5.55. The highest BCUT2D eigenvalue weighted by atomic mass is 16.5. The van der Waals surface area contributed by atoms with Crippen LogP contribution in [-0.4, -0.2) is 34.1 Å². The summed E-state index contributed by atoms with van der Waals surface area (Å²) in [5, 5.41) is 6.71. The number of aryl methyl sites for hydroxylation is 2. The van der Waals surface area contributed by atoms with E-state index in [1.54, 1.807) is 43.6 Å². The number of hydrogen-bond acceptors (Lipinski definition) is 7. The van der Waals surface area contributed by atoms with Gasteiger partial charge in [0.05, 0.1) is 12.7 Å². The van der Waals surface area contributed by atoms with Gasteiger partial charge in [0.1, 0.15) is 0 Å². The van der Waals surface area contributed by atoms with Crippen molar-refractivity contribution in [3.63, 3.8) is 0 Å². The second kappa shape index (κ2) is 8.22. The lowest BCUT2D eigenvalue weighted by Crippen LogP contribution is -2.13. The van der Waals surface area contributed by atoms with Gasteiger partial charge in [-0.3, -0.25) is 9.78 Å². The molecule has 1 N–H and O–H groups in total. The summed E-state index contributed by atoms with van der Waals surface area (Å²) in [6, 6.07) is 8.56. The normalized spacial score (nSPS) is 10.4. The van der Waals surface area contributed by atoms with Crippen molar-refractivity contribution in [2.45, 2.75) is 19.8 Å². The van der Waals surface area contributed by atoms with E-state index < -0.39 is 5.97 Å². The molecule has 0 saturated carbocycles. The Morgan fingerprint density at radius 1 is 1.26 bits per heavy atom. The number of hydrogen-bond donors (Lipinski definition) is 1. The minimum Gasteiger partial charge on any atom is -0.465 e. The molecule has 8 heteroatoms. The van der Waals surface area contributed by atoms with Gasteiger partial charge >= 0.3 is 5.97 Å². The minimum atomic E-state index is -0.420. The first-order valence-corrected chi connectivity index (χ1v) is 8.28. The summed E-state index contributed by atoms with van der Waals surface area (Å²) >= 11 is 0. The first kappa shape index (κ1) is 18.2. The topological polar surface area (TPSA) is 107 Å². The Balaban J connectivity index is 1.57. The SMILES string of the molecule is COC(=O)c1ccc(NC(=O)CCc2nc(-c3cccnc3)no2)c(C)c1. The number of nitrogens with one attached hydrogen (secondary N) is 1. The molecule has 0 unspecified atom stereocenters. The highest BCUT2D eigenvalue weighted by molar-refractivity contribution is 5.94. The first-order chi connectivity index (χ1) is 13.1. The first-order valence-electron chi connectivity index (χ1n) is 8.28. The smallest absolute Gasteiger partial charge is 0.337 e. The van der Waals surface area contributed by atoms with Crippen LogP contribution in [0.25, 0.3) is 11.4 Å². The predicted octanol–water partition coefficient (Wildman–Crippen LogP) is 2.80. The number of rotatable bonds is 6. The number of carbonyl (C=O) groups is 2. The zero-order chi connectivity index (χ0) is 19.2. The molecule has 27 heavy (non-hydrogen) atoms. The van der Waals surface area contributed by atoms with Gasteiger partial charge in [0.15, 0.2) is 0 Å². The van der Waals surface area contributed by atoms with Crippen LogP contribution in [0.1, 0.15) is 28.2 Å². The number of methoxy groups -OCH3 is 1. The Morgan fingerprint density at radius 3 is 2.81 bits per heavy atom. The average molecular weight is 366 g/mol. The molecule has 0 spiro atoms. The number of nitrogens with zero attached hydrogens (tertiary/aromatic N) is 3. The Hall–Kier alpha value is -3.55. The molecule has 0 bridgehead atoms. The Morgan fingerprint density at radius 2 is 2.11 bits per heavy atom. The second-order valence-corrected chi connectivity index (χ2v) is 5.82. The van der Waals surface area contributed by atoms with E-state index in [1.807, 2.05) is 6.07 Å². The van der Waals surface area contributed by atoms with E-state index in [-0.39, 0.29) is 12.3 Å². The lowest BCUT2D eigenvalue weighted by molar-refractivity contribution is -0.116. The van der Waals surface area contributed by atoms with Gasteiger partial charge in [-0.05, 0) is 42.8 Å². The molecule has 0 atom stereocenters. The average Bonchev–Trinajstić information content (AvgIpc) is 3.17. The molecule has 1 amide bonds. The summed E-state index contributed by atoms with van der Waals surface area (Å²) < 4.78 is 9.86. The fraction of sp³-hybridized carbons (Fsp3) is 0.211. The second-order valence-electron chi connectivity index (χ2n) is 5.82. The van der Waals surface area contributed by atoms with E-state index >= 15 is 0 Å². The molecule has 0 aliphatic heterocycles. The molecule has 0 aliphatic rings. The van der Waals surface area contributed by atoms with Crippen molar-refractivity contribution < 1.29 is 18.8 Å². The molecule has 0 radical (unpaired) electrons. The van der Waals surface area contributed by atoms with Crippen LogP contribution in [0.3, 0.4) is 0 Å². The summed E-state index contributed by atoms with van der Waals surface area (Å²) in [6.07, 6.45) is 3.81. The third-order valence-electron chi connectivity index (χ3n) is 3.88. The molecule has 0 aliphatic carbocycles. The number of amides is 1. The van der Waals surface area contributed by atoms with Crippen LogP contribution in [0, 0.1) is 6.92 Å². The highest BCUT2D eigenvalue weighted by Crippen LogP contribution is 2.18. The van der Waals surface area contributed by atoms with Crippen molar-refractivity contribution in [2.24, 2.45) is 0 Å². The van der Waals surface area contributed by atoms with E-state index in [1.165, 1.54) is 7.11 Å². The number of ether oxygens (including phenoxy) is 1. The maximum Gasteiger partial charge on any atom is 0.337 e. The molecule has 0 saturated heterocycles. The standard InChI is InChI=1S/C19H18N4O4/c1-12-10-13(19(25)26-2)5-6-15(12)21-16(24)7-8-17-22-18(23-27-17)14-4-3-9-20-11-14/h3-6,9-11H,7-8H2,1-2H3,(H,21,24). The van der Waals surface area contributed by atoms with E-state index in [0.29, 0.717) is 29.4 Å².